The smallest absolute Gasteiger partial charge is 0.220 e. The first-order chi connectivity index (χ1) is 11.2. The van der Waals surface area contributed by atoms with Crippen LogP contribution in [0.15, 0.2) is 48.9 Å². The summed E-state index contributed by atoms with van der Waals surface area (Å²) >= 11 is 0. The zero-order valence-electron chi connectivity index (χ0n) is 12.9. The Morgan fingerprint density at radius 3 is 2.35 bits per heavy atom. The number of nitrogen functional groups attached to an aromatic ring is 1. The van der Waals surface area contributed by atoms with Gasteiger partial charge in [0.2, 0.25) is 5.95 Å². The topological polar surface area (TPSA) is 83.2 Å². The van der Waals surface area contributed by atoms with Crippen LogP contribution < -0.4 is 15.2 Å². The van der Waals surface area contributed by atoms with Gasteiger partial charge in [0.05, 0.1) is 19.9 Å². The lowest BCUT2D eigenvalue weighted by Crippen LogP contribution is -1.99. The summed E-state index contributed by atoms with van der Waals surface area (Å²) in [5.41, 5.74) is 9.20. The molecule has 6 nitrogen and oxygen atoms in total. The van der Waals surface area contributed by atoms with Crippen molar-refractivity contribution in [1.82, 2.24) is 15.0 Å². The fourth-order valence-corrected chi connectivity index (χ4v) is 2.34. The highest BCUT2D eigenvalue weighted by Gasteiger charge is 2.13. The molecule has 2 aromatic heterocycles. The summed E-state index contributed by atoms with van der Waals surface area (Å²) in [6.45, 7) is 0. The molecule has 0 atom stereocenters. The number of pyridine rings is 1. The van der Waals surface area contributed by atoms with Gasteiger partial charge < -0.3 is 15.2 Å². The Hall–Kier alpha value is -3.15. The lowest BCUT2D eigenvalue weighted by Gasteiger charge is -2.12. The Morgan fingerprint density at radius 2 is 1.65 bits per heavy atom. The lowest BCUT2D eigenvalue weighted by molar-refractivity contribution is 0.355. The van der Waals surface area contributed by atoms with Crippen molar-refractivity contribution in [3.05, 3.63) is 48.9 Å². The Balaban J connectivity index is 2.18. The minimum absolute atomic E-state index is 0.215. The summed E-state index contributed by atoms with van der Waals surface area (Å²) < 4.78 is 10.6. The number of nitrogens with zero attached hydrogens (tertiary/aromatic N) is 3. The van der Waals surface area contributed by atoms with Crippen LogP contribution in [-0.4, -0.2) is 29.2 Å². The Labute approximate surface area is 134 Å². The maximum Gasteiger partial charge on any atom is 0.220 e. The van der Waals surface area contributed by atoms with Gasteiger partial charge in [-0.05, 0) is 35.9 Å². The van der Waals surface area contributed by atoms with Crippen molar-refractivity contribution in [1.29, 1.82) is 0 Å². The molecule has 23 heavy (non-hydrogen) atoms. The molecule has 116 valence electrons. The number of nitrogens with two attached hydrogens (primary N) is 1. The van der Waals surface area contributed by atoms with Gasteiger partial charge >= 0.3 is 0 Å². The van der Waals surface area contributed by atoms with Crippen molar-refractivity contribution < 1.29 is 9.47 Å². The van der Waals surface area contributed by atoms with Crippen LogP contribution in [0.4, 0.5) is 5.95 Å². The summed E-state index contributed by atoms with van der Waals surface area (Å²) in [6, 6.07) is 9.42. The number of rotatable bonds is 4. The first kappa shape index (κ1) is 14.8. The van der Waals surface area contributed by atoms with Gasteiger partial charge in [-0.25, -0.2) is 9.97 Å². The molecular weight excluding hydrogens is 292 g/mol. The van der Waals surface area contributed by atoms with E-state index in [1.54, 1.807) is 32.8 Å². The molecule has 0 aliphatic rings. The van der Waals surface area contributed by atoms with E-state index in [1.165, 1.54) is 0 Å². The van der Waals surface area contributed by atoms with Crippen molar-refractivity contribution >= 4 is 5.95 Å². The molecular formula is C17H16N4O2. The van der Waals surface area contributed by atoms with Crippen molar-refractivity contribution in [2.24, 2.45) is 0 Å². The molecule has 0 saturated heterocycles. The number of hydrogen-bond acceptors (Lipinski definition) is 6. The van der Waals surface area contributed by atoms with E-state index in [4.69, 9.17) is 15.2 Å². The molecule has 3 aromatic rings. The van der Waals surface area contributed by atoms with Crippen LogP contribution in [0, 0.1) is 0 Å². The molecule has 0 spiro atoms. The second-order valence-electron chi connectivity index (χ2n) is 4.80. The molecule has 0 amide bonds. The maximum atomic E-state index is 5.78. The SMILES string of the molecule is COc1ccc(-c2nc(N)ncc2-c2ccncc2)cc1OC. The zero-order chi connectivity index (χ0) is 16.2. The highest BCUT2D eigenvalue weighted by atomic mass is 16.5. The zero-order valence-corrected chi connectivity index (χ0v) is 12.9. The number of aromatic nitrogens is 3. The fourth-order valence-electron chi connectivity index (χ4n) is 2.34. The molecule has 0 unspecified atom stereocenters. The molecule has 0 radical (unpaired) electrons. The largest absolute Gasteiger partial charge is 0.493 e. The summed E-state index contributed by atoms with van der Waals surface area (Å²) in [6.07, 6.45) is 5.16. The van der Waals surface area contributed by atoms with E-state index in [2.05, 4.69) is 15.0 Å². The average molecular weight is 308 g/mol. The molecule has 0 aliphatic carbocycles. The first-order valence-electron chi connectivity index (χ1n) is 6.98. The van der Waals surface area contributed by atoms with Crippen molar-refractivity contribution in [2.75, 3.05) is 20.0 Å². The highest BCUT2D eigenvalue weighted by Crippen LogP contribution is 2.35. The summed E-state index contributed by atoms with van der Waals surface area (Å²) in [5, 5.41) is 0. The van der Waals surface area contributed by atoms with Gasteiger partial charge in [-0.15, -0.1) is 0 Å². The molecule has 2 heterocycles. The van der Waals surface area contributed by atoms with Gasteiger partial charge in [0.15, 0.2) is 11.5 Å². The van der Waals surface area contributed by atoms with Crippen LogP contribution in [0.3, 0.4) is 0 Å². The number of ether oxygens (including phenoxy) is 2. The Bertz CT molecular complexity index is 822. The standard InChI is InChI=1S/C17H16N4O2/c1-22-14-4-3-12(9-15(14)23-2)16-13(10-20-17(18)21-16)11-5-7-19-8-6-11/h3-10H,1-2H3,(H2,18,20,21). The fraction of sp³-hybridized carbons (Fsp3) is 0.118. The molecule has 6 heteroatoms. The first-order valence-corrected chi connectivity index (χ1v) is 6.98. The summed E-state index contributed by atoms with van der Waals surface area (Å²) in [4.78, 5) is 12.5. The quantitative estimate of drug-likeness (QED) is 0.798. The molecule has 2 N–H and O–H groups in total. The normalized spacial score (nSPS) is 10.3. The third-order valence-corrected chi connectivity index (χ3v) is 3.46. The van der Waals surface area contributed by atoms with E-state index in [1.807, 2.05) is 30.3 Å². The lowest BCUT2D eigenvalue weighted by atomic mass is 10.0. The Kier molecular flexibility index (Phi) is 4.05. The van der Waals surface area contributed by atoms with Crippen molar-refractivity contribution in [3.8, 4) is 33.9 Å². The molecule has 0 bridgehead atoms. The van der Waals surface area contributed by atoms with Crippen molar-refractivity contribution in [3.63, 3.8) is 0 Å². The molecule has 1 aromatic carbocycles. The van der Waals surface area contributed by atoms with Crippen LogP contribution in [0.1, 0.15) is 0 Å². The van der Waals surface area contributed by atoms with Crippen LogP contribution in [0.5, 0.6) is 11.5 Å². The highest BCUT2D eigenvalue weighted by molar-refractivity contribution is 5.81. The van der Waals surface area contributed by atoms with Crippen LogP contribution in [0.25, 0.3) is 22.4 Å². The van der Waals surface area contributed by atoms with Gasteiger partial charge in [-0.3, -0.25) is 4.98 Å². The van der Waals surface area contributed by atoms with Gasteiger partial charge in [0.1, 0.15) is 0 Å². The second-order valence-corrected chi connectivity index (χ2v) is 4.80. The van der Waals surface area contributed by atoms with E-state index in [9.17, 15) is 0 Å². The average Bonchev–Trinajstić information content (AvgIpc) is 2.61. The van der Waals surface area contributed by atoms with Crippen LogP contribution in [0.2, 0.25) is 0 Å². The summed E-state index contributed by atoms with van der Waals surface area (Å²) in [5.74, 6) is 1.50. The minimum Gasteiger partial charge on any atom is -0.493 e. The number of hydrogen-bond donors (Lipinski definition) is 1. The van der Waals surface area contributed by atoms with Gasteiger partial charge in [-0.2, -0.15) is 0 Å². The predicted molar refractivity (Wildman–Crippen MR) is 88.2 cm³/mol. The second kappa shape index (κ2) is 6.31. The molecule has 0 saturated carbocycles. The van der Waals surface area contributed by atoms with Crippen LogP contribution >= 0.6 is 0 Å². The summed E-state index contributed by atoms with van der Waals surface area (Å²) in [7, 11) is 3.20. The van der Waals surface area contributed by atoms with Gasteiger partial charge in [-0.1, -0.05) is 0 Å². The van der Waals surface area contributed by atoms with E-state index < -0.39 is 0 Å². The van der Waals surface area contributed by atoms with E-state index in [0.29, 0.717) is 11.5 Å². The maximum absolute atomic E-state index is 5.78. The number of methoxy groups -OCH3 is 2. The Morgan fingerprint density at radius 1 is 0.913 bits per heavy atom. The molecule has 0 aliphatic heterocycles. The van der Waals surface area contributed by atoms with Crippen molar-refractivity contribution in [2.45, 2.75) is 0 Å². The van der Waals surface area contributed by atoms with E-state index in [0.717, 1.165) is 22.4 Å². The number of anilines is 1. The van der Waals surface area contributed by atoms with E-state index >= 15 is 0 Å². The predicted octanol–water partition coefficient (Wildman–Crippen LogP) is 2.81. The minimum atomic E-state index is 0.215. The number of benzene rings is 1. The third-order valence-electron chi connectivity index (χ3n) is 3.46. The van der Waals surface area contributed by atoms with E-state index in [-0.39, 0.29) is 5.95 Å². The molecule has 3 rings (SSSR count). The molecule has 0 fully saturated rings. The van der Waals surface area contributed by atoms with Gasteiger partial charge in [0.25, 0.3) is 0 Å². The third kappa shape index (κ3) is 2.91. The van der Waals surface area contributed by atoms with Gasteiger partial charge in [0, 0.05) is 29.7 Å². The monoisotopic (exact) mass is 308 g/mol. The van der Waals surface area contributed by atoms with Crippen LogP contribution in [-0.2, 0) is 0 Å².